The molecule has 17 heavy (non-hydrogen) atoms. The van der Waals surface area contributed by atoms with Crippen LogP contribution in [0.1, 0.15) is 21.7 Å². The minimum Gasteiger partial charge on any atom is -0.368 e. The fourth-order valence-electron chi connectivity index (χ4n) is 2.10. The number of aryl methyl sites for hydroxylation is 1. The first-order valence-corrected chi connectivity index (χ1v) is 8.29. The molecule has 1 aromatic heterocycles. The van der Waals surface area contributed by atoms with E-state index in [0.717, 1.165) is 28.7 Å². The van der Waals surface area contributed by atoms with E-state index in [-0.39, 0.29) is 17.6 Å². The van der Waals surface area contributed by atoms with Crippen LogP contribution in [0.25, 0.3) is 0 Å². The molecule has 0 bridgehead atoms. The lowest BCUT2D eigenvalue weighted by Gasteiger charge is -2.21. The Labute approximate surface area is 104 Å². The lowest BCUT2D eigenvalue weighted by atomic mass is 10.3. The van der Waals surface area contributed by atoms with Gasteiger partial charge in [0, 0.05) is 24.4 Å². The van der Waals surface area contributed by atoms with Gasteiger partial charge < -0.3 is 10.1 Å². The van der Waals surface area contributed by atoms with Crippen LogP contribution >= 0.6 is 11.3 Å². The molecule has 0 saturated carbocycles. The number of nitrogens with zero attached hydrogens (tertiary/aromatic N) is 1. The summed E-state index contributed by atoms with van der Waals surface area (Å²) >= 11 is 1.49. The van der Waals surface area contributed by atoms with Crippen LogP contribution < -0.4 is 5.32 Å². The number of hydrogen-bond acceptors (Lipinski definition) is 6. The van der Waals surface area contributed by atoms with Gasteiger partial charge in [-0.05, 0) is 0 Å². The topological polar surface area (TPSA) is 68.3 Å². The summed E-state index contributed by atoms with van der Waals surface area (Å²) in [5.41, 5.74) is 0.953. The average molecular weight is 274 g/mol. The molecule has 2 aliphatic heterocycles. The number of sulfone groups is 1. The number of ether oxygens (including phenoxy) is 1. The minimum absolute atomic E-state index is 0.0120. The van der Waals surface area contributed by atoms with Gasteiger partial charge in [-0.2, -0.15) is 0 Å². The molecule has 5 nitrogen and oxygen atoms in total. The third-order valence-corrected chi connectivity index (χ3v) is 5.93. The van der Waals surface area contributed by atoms with E-state index in [1.165, 1.54) is 11.3 Å². The molecule has 0 radical (unpaired) electrons. The van der Waals surface area contributed by atoms with Gasteiger partial charge >= 0.3 is 0 Å². The number of morpholine rings is 1. The molecule has 0 spiro atoms. The van der Waals surface area contributed by atoms with Crippen molar-refractivity contribution in [2.24, 2.45) is 0 Å². The van der Waals surface area contributed by atoms with Crippen molar-refractivity contribution >= 4 is 21.2 Å². The first-order chi connectivity index (χ1) is 8.14. The lowest BCUT2D eigenvalue weighted by Crippen LogP contribution is -2.33. The maximum Gasteiger partial charge on any atom is 0.155 e. The second-order valence-electron chi connectivity index (χ2n) is 4.33. The Morgan fingerprint density at radius 2 is 2.35 bits per heavy atom. The molecule has 3 rings (SSSR count). The van der Waals surface area contributed by atoms with Crippen molar-refractivity contribution in [3.05, 3.63) is 15.6 Å². The molecule has 0 amide bonds. The van der Waals surface area contributed by atoms with Crippen LogP contribution in [0.5, 0.6) is 0 Å². The molecule has 1 saturated heterocycles. The Bertz CT molecular complexity index is 518. The maximum absolute atomic E-state index is 11.5. The highest BCUT2D eigenvalue weighted by Crippen LogP contribution is 2.31. The highest BCUT2D eigenvalue weighted by molar-refractivity contribution is 7.90. The molecule has 0 aromatic carbocycles. The van der Waals surface area contributed by atoms with Crippen LogP contribution in [0.15, 0.2) is 0 Å². The van der Waals surface area contributed by atoms with Gasteiger partial charge in [-0.3, -0.25) is 0 Å². The molecule has 7 heteroatoms. The summed E-state index contributed by atoms with van der Waals surface area (Å²) in [6.07, 6.45) is 0.538. The van der Waals surface area contributed by atoms with Gasteiger partial charge in [-0.1, -0.05) is 0 Å². The van der Waals surface area contributed by atoms with Crippen molar-refractivity contribution in [1.29, 1.82) is 0 Å². The van der Waals surface area contributed by atoms with Gasteiger partial charge in [-0.25, -0.2) is 13.4 Å². The molecular formula is C10H14N2O3S2. The number of rotatable bonds is 1. The number of nitrogens with one attached hydrogen (secondary N) is 1. The van der Waals surface area contributed by atoms with Crippen LogP contribution in [0.3, 0.4) is 0 Å². The summed E-state index contributed by atoms with van der Waals surface area (Å²) < 4.78 is 28.7. The first-order valence-electron chi connectivity index (χ1n) is 5.65. The van der Waals surface area contributed by atoms with Crippen molar-refractivity contribution in [2.45, 2.75) is 18.3 Å². The van der Waals surface area contributed by atoms with E-state index in [4.69, 9.17) is 4.74 Å². The van der Waals surface area contributed by atoms with Crippen molar-refractivity contribution in [1.82, 2.24) is 10.3 Å². The summed E-state index contributed by atoms with van der Waals surface area (Å²) in [4.78, 5) is 5.43. The van der Waals surface area contributed by atoms with Crippen LogP contribution in [0, 0.1) is 0 Å². The van der Waals surface area contributed by atoms with Crippen LogP contribution in [0.2, 0.25) is 0 Å². The number of hydrogen-bond donors (Lipinski definition) is 1. The Morgan fingerprint density at radius 3 is 3.12 bits per heavy atom. The average Bonchev–Trinajstić information content (AvgIpc) is 2.71. The molecule has 1 fully saturated rings. The lowest BCUT2D eigenvalue weighted by molar-refractivity contribution is 0.0275. The second kappa shape index (κ2) is 4.31. The molecular weight excluding hydrogens is 260 g/mol. The largest absolute Gasteiger partial charge is 0.368 e. The summed E-state index contributed by atoms with van der Waals surface area (Å²) in [7, 11) is -2.90. The fourth-order valence-corrected chi connectivity index (χ4v) is 5.04. The quantitative estimate of drug-likeness (QED) is 0.796. The third kappa shape index (κ3) is 2.37. The van der Waals surface area contributed by atoms with Gasteiger partial charge in [0.2, 0.25) is 0 Å². The molecule has 2 aliphatic rings. The number of fused-ring (bicyclic) bond motifs is 1. The predicted molar refractivity (Wildman–Crippen MR) is 64.9 cm³/mol. The highest BCUT2D eigenvalue weighted by atomic mass is 32.2. The third-order valence-electron chi connectivity index (χ3n) is 3.00. The smallest absolute Gasteiger partial charge is 0.155 e. The van der Waals surface area contributed by atoms with Crippen LogP contribution in [-0.2, 0) is 26.7 Å². The Hall–Kier alpha value is -0.500. The van der Waals surface area contributed by atoms with E-state index in [9.17, 15) is 8.42 Å². The van der Waals surface area contributed by atoms with Gasteiger partial charge in [0.15, 0.2) is 9.84 Å². The monoisotopic (exact) mass is 274 g/mol. The maximum atomic E-state index is 11.5. The van der Waals surface area contributed by atoms with Crippen molar-refractivity contribution in [2.75, 3.05) is 25.4 Å². The first kappa shape index (κ1) is 11.6. The Morgan fingerprint density at radius 1 is 1.47 bits per heavy atom. The number of thiazole rings is 1. The summed E-state index contributed by atoms with van der Waals surface area (Å²) in [6, 6.07) is 0. The normalized spacial score (nSPS) is 27.6. The van der Waals surface area contributed by atoms with Gasteiger partial charge in [0.1, 0.15) is 11.1 Å². The minimum atomic E-state index is -2.90. The Kier molecular flexibility index (Phi) is 2.94. The van der Waals surface area contributed by atoms with E-state index < -0.39 is 9.84 Å². The molecule has 1 atom stereocenters. The summed E-state index contributed by atoms with van der Waals surface area (Å²) in [5.74, 6) is 0.382. The van der Waals surface area contributed by atoms with Crippen molar-refractivity contribution in [3.63, 3.8) is 0 Å². The zero-order valence-electron chi connectivity index (χ0n) is 9.31. The zero-order chi connectivity index (χ0) is 11.9. The van der Waals surface area contributed by atoms with E-state index in [0.29, 0.717) is 13.0 Å². The predicted octanol–water partition coefficient (Wildman–Crippen LogP) is 0.275. The summed E-state index contributed by atoms with van der Waals surface area (Å²) in [6.45, 7) is 2.32. The SMILES string of the molecule is O=S1(=O)CCc2nc(C3CNCCO3)sc2C1. The van der Waals surface area contributed by atoms with E-state index in [1.54, 1.807) is 0 Å². The molecule has 3 heterocycles. The Balaban J connectivity index is 1.86. The molecule has 0 aliphatic carbocycles. The highest BCUT2D eigenvalue weighted by Gasteiger charge is 2.28. The molecule has 1 aromatic rings. The number of aromatic nitrogens is 1. The molecule has 1 unspecified atom stereocenters. The van der Waals surface area contributed by atoms with E-state index in [2.05, 4.69) is 10.3 Å². The molecule has 1 N–H and O–H groups in total. The molecule has 94 valence electrons. The van der Waals surface area contributed by atoms with Gasteiger partial charge in [0.25, 0.3) is 0 Å². The van der Waals surface area contributed by atoms with Crippen LogP contribution in [-0.4, -0.2) is 38.9 Å². The second-order valence-corrected chi connectivity index (χ2v) is 7.63. The van der Waals surface area contributed by atoms with E-state index >= 15 is 0 Å². The van der Waals surface area contributed by atoms with Gasteiger partial charge in [-0.15, -0.1) is 11.3 Å². The zero-order valence-corrected chi connectivity index (χ0v) is 10.9. The van der Waals surface area contributed by atoms with Gasteiger partial charge in [0.05, 0.1) is 23.8 Å². The fraction of sp³-hybridized carbons (Fsp3) is 0.700. The van der Waals surface area contributed by atoms with Crippen molar-refractivity contribution in [3.8, 4) is 0 Å². The van der Waals surface area contributed by atoms with E-state index in [1.807, 2.05) is 0 Å². The standard InChI is InChI=1S/C10H14N2O3S2/c13-17(14)4-1-7-9(6-17)16-10(12-7)8-5-11-2-3-15-8/h8,11H,1-6H2. The summed E-state index contributed by atoms with van der Waals surface area (Å²) in [5, 5.41) is 4.17. The van der Waals surface area contributed by atoms with Crippen LogP contribution in [0.4, 0.5) is 0 Å². The van der Waals surface area contributed by atoms with Crippen molar-refractivity contribution < 1.29 is 13.2 Å².